The number of carbonyl (C=O) groups is 2. The summed E-state index contributed by atoms with van der Waals surface area (Å²) in [4.78, 5) is 25.6. The zero-order valence-corrected chi connectivity index (χ0v) is 14.1. The number of benzene rings is 1. The lowest BCUT2D eigenvalue weighted by Crippen LogP contribution is -2.42. The van der Waals surface area contributed by atoms with Crippen molar-refractivity contribution >= 4 is 11.9 Å². The van der Waals surface area contributed by atoms with Crippen molar-refractivity contribution in [2.24, 2.45) is 5.41 Å². The summed E-state index contributed by atoms with van der Waals surface area (Å²) in [6.07, 6.45) is -1.43. The Bertz CT molecular complexity index is 683. The Balaban J connectivity index is 1.65. The summed E-state index contributed by atoms with van der Waals surface area (Å²) in [5.74, 6) is -1.24. The van der Waals surface area contributed by atoms with Gasteiger partial charge in [0.25, 0.3) is 0 Å². The first-order valence-electron chi connectivity index (χ1n) is 8.56. The van der Waals surface area contributed by atoms with Gasteiger partial charge < -0.3 is 14.7 Å². The lowest BCUT2D eigenvalue weighted by atomic mass is 9.94. The lowest BCUT2D eigenvalue weighted by molar-refractivity contribution is -0.274. The van der Waals surface area contributed by atoms with E-state index in [4.69, 9.17) is 5.11 Å². The number of nitrogens with zero attached hydrogens (tertiary/aromatic N) is 1. The maximum atomic E-state index is 12.9. The predicted molar refractivity (Wildman–Crippen MR) is 85.5 cm³/mol. The maximum Gasteiger partial charge on any atom is 0.573 e. The second-order valence-corrected chi connectivity index (χ2v) is 7.04. The molecule has 1 aliphatic heterocycles. The SMILES string of the molecule is O=C(O)CC1CCCN1C(=O)C1(Cc2ccc(OC(F)(F)F)cc2)CC1. The molecule has 0 bridgehead atoms. The number of carboxylic acids is 1. The molecule has 1 aromatic rings. The van der Waals surface area contributed by atoms with Crippen LogP contribution in [0.15, 0.2) is 24.3 Å². The van der Waals surface area contributed by atoms with Crippen molar-refractivity contribution in [3.63, 3.8) is 0 Å². The molecule has 142 valence electrons. The molecule has 8 heteroatoms. The van der Waals surface area contributed by atoms with Crippen LogP contribution in [0.25, 0.3) is 0 Å². The average molecular weight is 371 g/mol. The molecule has 3 rings (SSSR count). The number of alkyl halides is 3. The number of halogens is 3. The minimum absolute atomic E-state index is 0.0307. The number of amides is 1. The molecule has 5 nitrogen and oxygen atoms in total. The summed E-state index contributed by atoms with van der Waals surface area (Å²) in [7, 11) is 0. The van der Waals surface area contributed by atoms with E-state index >= 15 is 0 Å². The number of aliphatic carboxylic acids is 1. The Morgan fingerprint density at radius 2 is 1.88 bits per heavy atom. The Kier molecular flexibility index (Phi) is 4.86. The van der Waals surface area contributed by atoms with Crippen molar-refractivity contribution in [2.75, 3.05) is 6.54 Å². The van der Waals surface area contributed by atoms with Crippen LogP contribution < -0.4 is 4.74 Å². The van der Waals surface area contributed by atoms with Crippen LogP contribution in [0, 0.1) is 5.41 Å². The summed E-state index contributed by atoms with van der Waals surface area (Å²) >= 11 is 0. The zero-order valence-electron chi connectivity index (χ0n) is 14.1. The molecule has 1 N–H and O–H groups in total. The molecule has 1 saturated carbocycles. The number of carbonyl (C=O) groups excluding carboxylic acids is 1. The minimum Gasteiger partial charge on any atom is -0.481 e. The maximum absolute atomic E-state index is 12.9. The van der Waals surface area contributed by atoms with E-state index in [9.17, 15) is 22.8 Å². The van der Waals surface area contributed by atoms with Crippen LogP contribution in [-0.4, -0.2) is 40.8 Å². The molecule has 1 amide bonds. The van der Waals surface area contributed by atoms with Crippen molar-refractivity contribution in [3.05, 3.63) is 29.8 Å². The van der Waals surface area contributed by atoms with E-state index in [0.29, 0.717) is 32.2 Å². The lowest BCUT2D eigenvalue weighted by Gasteiger charge is -2.28. The summed E-state index contributed by atoms with van der Waals surface area (Å²) < 4.78 is 40.5. The highest BCUT2D eigenvalue weighted by molar-refractivity contribution is 5.86. The minimum atomic E-state index is -4.73. The van der Waals surface area contributed by atoms with Gasteiger partial charge >= 0.3 is 12.3 Å². The monoisotopic (exact) mass is 371 g/mol. The molecule has 0 spiro atoms. The van der Waals surface area contributed by atoms with Crippen molar-refractivity contribution in [2.45, 2.75) is 50.9 Å². The summed E-state index contributed by atoms with van der Waals surface area (Å²) in [6.45, 7) is 0.566. The van der Waals surface area contributed by atoms with Gasteiger partial charge in [-0.15, -0.1) is 13.2 Å². The number of ether oxygens (including phenoxy) is 1. The van der Waals surface area contributed by atoms with E-state index in [-0.39, 0.29) is 24.1 Å². The Labute approximate surface area is 148 Å². The fraction of sp³-hybridized carbons (Fsp3) is 0.556. The fourth-order valence-corrected chi connectivity index (χ4v) is 3.64. The van der Waals surface area contributed by atoms with Gasteiger partial charge in [0, 0.05) is 12.6 Å². The Hall–Kier alpha value is -2.25. The fourth-order valence-electron chi connectivity index (χ4n) is 3.64. The third kappa shape index (κ3) is 4.28. The van der Waals surface area contributed by atoms with Crippen molar-refractivity contribution in [3.8, 4) is 5.75 Å². The number of hydrogen-bond acceptors (Lipinski definition) is 3. The standard InChI is InChI=1S/C18H20F3NO4/c19-18(20,21)26-14-5-3-12(4-6-14)11-17(7-8-17)16(25)22-9-1-2-13(22)10-15(23)24/h3-6,13H,1-2,7-11H2,(H,23,24). The van der Waals surface area contributed by atoms with Crippen molar-refractivity contribution in [1.29, 1.82) is 0 Å². The molecule has 1 unspecified atom stereocenters. The molecule has 26 heavy (non-hydrogen) atoms. The van der Waals surface area contributed by atoms with E-state index in [2.05, 4.69) is 4.74 Å². The highest BCUT2D eigenvalue weighted by Crippen LogP contribution is 2.51. The smallest absolute Gasteiger partial charge is 0.481 e. The molecule has 1 atom stereocenters. The van der Waals surface area contributed by atoms with Crippen molar-refractivity contribution in [1.82, 2.24) is 4.90 Å². The molecule has 1 heterocycles. The highest BCUT2D eigenvalue weighted by Gasteiger charge is 2.53. The molecule has 1 saturated heterocycles. The van der Waals surface area contributed by atoms with Gasteiger partial charge in [0.15, 0.2) is 0 Å². The van der Waals surface area contributed by atoms with Crippen LogP contribution in [0.2, 0.25) is 0 Å². The van der Waals surface area contributed by atoms with Gasteiger partial charge in [0.2, 0.25) is 5.91 Å². The highest BCUT2D eigenvalue weighted by atomic mass is 19.4. The first kappa shape index (κ1) is 18.5. The first-order chi connectivity index (χ1) is 12.2. The number of likely N-dealkylation sites (tertiary alicyclic amines) is 1. The van der Waals surface area contributed by atoms with Crippen LogP contribution >= 0.6 is 0 Å². The molecule has 2 aliphatic rings. The third-order valence-electron chi connectivity index (χ3n) is 5.05. The van der Waals surface area contributed by atoms with E-state index in [0.717, 1.165) is 12.0 Å². The second-order valence-electron chi connectivity index (χ2n) is 7.04. The van der Waals surface area contributed by atoms with Gasteiger partial charge in [-0.25, -0.2) is 0 Å². The van der Waals surface area contributed by atoms with Gasteiger partial charge in [-0.3, -0.25) is 9.59 Å². The molecule has 1 aliphatic carbocycles. The van der Waals surface area contributed by atoms with Crippen LogP contribution in [0.1, 0.15) is 37.7 Å². The second kappa shape index (κ2) is 6.81. The van der Waals surface area contributed by atoms with E-state index < -0.39 is 17.7 Å². The molecule has 1 aromatic carbocycles. The largest absolute Gasteiger partial charge is 0.573 e. The van der Waals surface area contributed by atoms with Crippen LogP contribution in [0.4, 0.5) is 13.2 Å². The molecule has 0 aromatic heterocycles. The topological polar surface area (TPSA) is 66.8 Å². The molecule has 0 radical (unpaired) electrons. The quantitative estimate of drug-likeness (QED) is 0.833. The molecule has 2 fully saturated rings. The predicted octanol–water partition coefficient (Wildman–Crippen LogP) is 3.37. The summed E-state index contributed by atoms with van der Waals surface area (Å²) in [5.41, 5.74) is 0.215. The summed E-state index contributed by atoms with van der Waals surface area (Å²) in [6, 6.07) is 5.29. The zero-order chi connectivity index (χ0) is 18.9. The number of carboxylic acid groups (broad SMARTS) is 1. The van der Waals surface area contributed by atoms with E-state index in [1.54, 1.807) is 4.90 Å². The summed E-state index contributed by atoms with van der Waals surface area (Å²) in [5, 5.41) is 9.00. The number of rotatable bonds is 6. The van der Waals surface area contributed by atoms with E-state index in [1.807, 2.05) is 0 Å². The Morgan fingerprint density at radius 1 is 1.23 bits per heavy atom. The third-order valence-corrected chi connectivity index (χ3v) is 5.05. The normalized spacial score (nSPS) is 21.5. The average Bonchev–Trinajstić information content (AvgIpc) is 3.18. The Morgan fingerprint density at radius 3 is 2.42 bits per heavy atom. The van der Waals surface area contributed by atoms with E-state index in [1.165, 1.54) is 24.3 Å². The van der Waals surface area contributed by atoms with Crippen LogP contribution in [0.3, 0.4) is 0 Å². The number of hydrogen-bond donors (Lipinski definition) is 1. The first-order valence-corrected chi connectivity index (χ1v) is 8.56. The van der Waals surface area contributed by atoms with Gasteiger partial charge in [0.1, 0.15) is 5.75 Å². The molecular formula is C18H20F3NO4. The van der Waals surface area contributed by atoms with Gasteiger partial charge in [-0.2, -0.15) is 0 Å². The van der Waals surface area contributed by atoms with Gasteiger partial charge in [0.05, 0.1) is 11.8 Å². The molecular weight excluding hydrogens is 351 g/mol. The van der Waals surface area contributed by atoms with Crippen LogP contribution in [-0.2, 0) is 16.0 Å². The van der Waals surface area contributed by atoms with Crippen molar-refractivity contribution < 1.29 is 32.6 Å². The van der Waals surface area contributed by atoms with Gasteiger partial charge in [-0.05, 0) is 49.8 Å². The van der Waals surface area contributed by atoms with Crippen LogP contribution in [0.5, 0.6) is 5.75 Å². The van der Waals surface area contributed by atoms with Gasteiger partial charge in [-0.1, -0.05) is 12.1 Å².